The molecular formula is C11H20O4. The van der Waals surface area contributed by atoms with Crippen LogP contribution in [0.5, 0.6) is 0 Å². The van der Waals surface area contributed by atoms with Gasteiger partial charge in [0.2, 0.25) is 0 Å². The molecular weight excluding hydrogens is 196 g/mol. The van der Waals surface area contributed by atoms with Crippen LogP contribution in [0, 0.1) is 0 Å². The van der Waals surface area contributed by atoms with Gasteiger partial charge in [0.25, 0.3) is 0 Å². The van der Waals surface area contributed by atoms with Gasteiger partial charge in [0.15, 0.2) is 0 Å². The van der Waals surface area contributed by atoms with Crippen molar-refractivity contribution >= 4 is 12.3 Å². The van der Waals surface area contributed by atoms with E-state index >= 15 is 0 Å². The third-order valence-electron chi connectivity index (χ3n) is 2.02. The Hall–Kier alpha value is -0.900. The van der Waals surface area contributed by atoms with Crippen molar-refractivity contribution in [1.82, 2.24) is 0 Å². The maximum atomic E-state index is 11.0. The summed E-state index contributed by atoms with van der Waals surface area (Å²) in [6.45, 7) is 0.361. The summed E-state index contributed by atoms with van der Waals surface area (Å²) in [4.78, 5) is 21.0. The molecule has 0 amide bonds. The quantitative estimate of drug-likeness (QED) is 0.341. The molecule has 0 spiro atoms. The summed E-state index contributed by atoms with van der Waals surface area (Å²) in [7, 11) is 0. The summed E-state index contributed by atoms with van der Waals surface area (Å²) in [5, 5.41) is 8.46. The van der Waals surface area contributed by atoms with Crippen LogP contribution in [0.25, 0.3) is 0 Å². The first-order chi connectivity index (χ1) is 7.31. The van der Waals surface area contributed by atoms with Crippen LogP contribution in [0.2, 0.25) is 0 Å². The maximum absolute atomic E-state index is 11.0. The van der Waals surface area contributed by atoms with E-state index in [1.165, 1.54) is 0 Å². The molecule has 0 radical (unpaired) electrons. The fourth-order valence-electron chi connectivity index (χ4n) is 1.17. The van der Waals surface area contributed by atoms with Gasteiger partial charge < -0.3 is 14.6 Å². The third kappa shape index (κ3) is 11.0. The Labute approximate surface area is 90.6 Å². The predicted octanol–water partition coefficient (Wildman–Crippen LogP) is 1.45. The first kappa shape index (κ1) is 14.1. The lowest BCUT2D eigenvalue weighted by atomic mass is 10.1. The van der Waals surface area contributed by atoms with E-state index in [1.54, 1.807) is 0 Å². The van der Waals surface area contributed by atoms with E-state index in [9.17, 15) is 9.59 Å². The lowest BCUT2D eigenvalue weighted by Gasteiger charge is -2.03. The van der Waals surface area contributed by atoms with Gasteiger partial charge in [0, 0.05) is 25.9 Å². The Morgan fingerprint density at radius 1 is 1.13 bits per heavy atom. The third-order valence-corrected chi connectivity index (χ3v) is 2.02. The second-order valence-electron chi connectivity index (χ2n) is 3.42. The van der Waals surface area contributed by atoms with Crippen molar-refractivity contribution in [2.24, 2.45) is 0 Å². The number of carbonyl (C=O) groups is 2. The lowest BCUT2D eigenvalue weighted by Crippen LogP contribution is -2.06. The summed E-state index contributed by atoms with van der Waals surface area (Å²) in [5.41, 5.74) is 0. The number of rotatable bonds is 10. The number of aldehydes is 1. The number of aliphatic hydroxyl groups excluding tert-OH is 1. The van der Waals surface area contributed by atoms with Crippen LogP contribution in [0.3, 0.4) is 0 Å². The van der Waals surface area contributed by atoms with Crippen LogP contribution in [-0.2, 0) is 14.3 Å². The van der Waals surface area contributed by atoms with Gasteiger partial charge in [-0.05, 0) is 12.8 Å². The van der Waals surface area contributed by atoms with Gasteiger partial charge in [-0.1, -0.05) is 12.8 Å². The SMILES string of the molecule is O=CCCCCCCC(=O)OCCCO. The summed E-state index contributed by atoms with van der Waals surface area (Å²) < 4.78 is 4.86. The van der Waals surface area contributed by atoms with Gasteiger partial charge in [0.1, 0.15) is 6.29 Å². The molecule has 4 nitrogen and oxygen atoms in total. The minimum absolute atomic E-state index is 0.0545. The molecule has 0 bridgehead atoms. The van der Waals surface area contributed by atoms with Crippen LogP contribution in [0.15, 0.2) is 0 Å². The fourth-order valence-corrected chi connectivity index (χ4v) is 1.17. The molecule has 88 valence electrons. The minimum atomic E-state index is -0.196. The number of esters is 1. The van der Waals surface area contributed by atoms with Crippen molar-refractivity contribution in [3.8, 4) is 0 Å². The highest BCUT2D eigenvalue weighted by Crippen LogP contribution is 2.05. The number of hydrogen-bond acceptors (Lipinski definition) is 4. The summed E-state index contributed by atoms with van der Waals surface area (Å²) in [6.07, 6.45) is 6.15. The highest BCUT2D eigenvalue weighted by molar-refractivity contribution is 5.69. The van der Waals surface area contributed by atoms with Crippen LogP contribution >= 0.6 is 0 Å². The normalized spacial score (nSPS) is 9.93. The topological polar surface area (TPSA) is 63.6 Å². The molecule has 4 heteroatoms. The van der Waals surface area contributed by atoms with E-state index in [4.69, 9.17) is 9.84 Å². The van der Waals surface area contributed by atoms with E-state index in [0.29, 0.717) is 25.9 Å². The van der Waals surface area contributed by atoms with Gasteiger partial charge in [-0.25, -0.2) is 0 Å². The maximum Gasteiger partial charge on any atom is 0.305 e. The Kier molecular flexibility index (Phi) is 10.5. The lowest BCUT2D eigenvalue weighted by molar-refractivity contribution is -0.144. The largest absolute Gasteiger partial charge is 0.466 e. The standard InChI is InChI=1S/C11H20O4/c12-8-5-3-1-2-4-7-11(14)15-10-6-9-13/h8,13H,1-7,9-10H2. The highest BCUT2D eigenvalue weighted by atomic mass is 16.5. The number of aliphatic hydroxyl groups is 1. The van der Waals surface area contributed by atoms with Gasteiger partial charge >= 0.3 is 5.97 Å². The molecule has 0 aromatic rings. The molecule has 0 aromatic carbocycles. The monoisotopic (exact) mass is 216 g/mol. The first-order valence-corrected chi connectivity index (χ1v) is 5.51. The summed E-state index contributed by atoms with van der Waals surface area (Å²) >= 11 is 0. The zero-order valence-corrected chi connectivity index (χ0v) is 9.11. The molecule has 0 unspecified atom stereocenters. The molecule has 0 heterocycles. The summed E-state index contributed by atoms with van der Waals surface area (Å²) in [5.74, 6) is -0.196. The average molecular weight is 216 g/mol. The highest BCUT2D eigenvalue weighted by Gasteiger charge is 2.01. The molecule has 1 N–H and O–H groups in total. The van der Waals surface area contributed by atoms with Crippen molar-refractivity contribution in [3.05, 3.63) is 0 Å². The zero-order valence-electron chi connectivity index (χ0n) is 9.11. The second-order valence-corrected chi connectivity index (χ2v) is 3.42. The Morgan fingerprint density at radius 2 is 1.87 bits per heavy atom. The molecule has 0 saturated carbocycles. The average Bonchev–Trinajstić information content (AvgIpc) is 2.23. The molecule has 15 heavy (non-hydrogen) atoms. The Morgan fingerprint density at radius 3 is 2.53 bits per heavy atom. The number of carbonyl (C=O) groups excluding carboxylic acids is 2. The van der Waals surface area contributed by atoms with Gasteiger partial charge in [-0.2, -0.15) is 0 Å². The van der Waals surface area contributed by atoms with E-state index in [-0.39, 0.29) is 12.6 Å². The van der Waals surface area contributed by atoms with Gasteiger partial charge in [0.05, 0.1) is 6.61 Å². The molecule has 0 fully saturated rings. The van der Waals surface area contributed by atoms with Crippen LogP contribution in [-0.4, -0.2) is 30.6 Å². The molecule has 0 rings (SSSR count). The number of hydrogen-bond donors (Lipinski definition) is 1. The van der Waals surface area contributed by atoms with Gasteiger partial charge in [-0.15, -0.1) is 0 Å². The van der Waals surface area contributed by atoms with E-state index < -0.39 is 0 Å². The Bertz CT molecular complexity index is 168. The predicted molar refractivity (Wildman–Crippen MR) is 56.4 cm³/mol. The van der Waals surface area contributed by atoms with Crippen LogP contribution in [0.4, 0.5) is 0 Å². The molecule has 0 atom stereocenters. The van der Waals surface area contributed by atoms with E-state index in [1.807, 2.05) is 0 Å². The number of unbranched alkanes of at least 4 members (excludes halogenated alkanes) is 4. The summed E-state index contributed by atoms with van der Waals surface area (Å²) in [6, 6.07) is 0. The van der Waals surface area contributed by atoms with Crippen molar-refractivity contribution in [2.45, 2.75) is 44.9 Å². The van der Waals surface area contributed by atoms with Crippen molar-refractivity contribution in [1.29, 1.82) is 0 Å². The molecule has 0 saturated heterocycles. The second kappa shape index (κ2) is 11.2. The van der Waals surface area contributed by atoms with Crippen LogP contribution in [0.1, 0.15) is 44.9 Å². The minimum Gasteiger partial charge on any atom is -0.466 e. The van der Waals surface area contributed by atoms with E-state index in [0.717, 1.165) is 32.0 Å². The molecule has 0 aliphatic rings. The molecule has 0 aromatic heterocycles. The first-order valence-electron chi connectivity index (χ1n) is 5.51. The van der Waals surface area contributed by atoms with Gasteiger partial charge in [-0.3, -0.25) is 4.79 Å². The number of ether oxygens (including phenoxy) is 1. The smallest absolute Gasteiger partial charge is 0.305 e. The fraction of sp³-hybridized carbons (Fsp3) is 0.818. The molecule has 0 aliphatic carbocycles. The van der Waals surface area contributed by atoms with Crippen molar-refractivity contribution < 1.29 is 19.4 Å². The van der Waals surface area contributed by atoms with Crippen molar-refractivity contribution in [3.63, 3.8) is 0 Å². The van der Waals surface area contributed by atoms with Crippen molar-refractivity contribution in [2.75, 3.05) is 13.2 Å². The zero-order chi connectivity index (χ0) is 11.4. The Balaban J connectivity index is 3.13. The van der Waals surface area contributed by atoms with E-state index in [2.05, 4.69) is 0 Å². The molecule has 0 aliphatic heterocycles. The van der Waals surface area contributed by atoms with Crippen LogP contribution < -0.4 is 0 Å².